The minimum absolute atomic E-state index is 0.0428. The van der Waals surface area contributed by atoms with Crippen molar-refractivity contribution in [3.05, 3.63) is 54.3 Å². The van der Waals surface area contributed by atoms with Crippen LogP contribution in [0.15, 0.2) is 53.4 Å². The van der Waals surface area contributed by atoms with E-state index in [1.807, 2.05) is 31.2 Å². The van der Waals surface area contributed by atoms with Gasteiger partial charge in [-0.15, -0.1) is 11.8 Å². The van der Waals surface area contributed by atoms with Gasteiger partial charge in [-0.1, -0.05) is 0 Å². The van der Waals surface area contributed by atoms with Gasteiger partial charge in [0.05, 0.1) is 6.61 Å². The normalized spacial score (nSPS) is 10.3. The van der Waals surface area contributed by atoms with Crippen molar-refractivity contribution in [2.75, 3.05) is 17.7 Å². The number of hydrogen-bond acceptors (Lipinski definition) is 3. The highest BCUT2D eigenvalue weighted by atomic mass is 32.2. The fourth-order valence-corrected chi connectivity index (χ4v) is 2.67. The Kier molecular flexibility index (Phi) is 6.27. The molecule has 0 bridgehead atoms. The van der Waals surface area contributed by atoms with E-state index in [9.17, 15) is 9.18 Å². The third kappa shape index (κ3) is 5.41. The third-order valence-electron chi connectivity index (χ3n) is 2.86. The minimum atomic E-state index is -0.252. The molecule has 0 aromatic heterocycles. The number of halogens is 1. The average Bonchev–Trinajstić information content (AvgIpc) is 2.51. The standard InChI is InChI=1S/C17H18FNO2S/c1-2-21-15-7-5-14(6-8-15)19-17(20)11-12-22-16-9-3-13(18)4-10-16/h3-10H,2,11-12H2,1H3,(H,19,20). The van der Waals surface area contributed by atoms with Gasteiger partial charge in [0.15, 0.2) is 0 Å². The number of anilines is 1. The van der Waals surface area contributed by atoms with Crippen LogP contribution < -0.4 is 10.1 Å². The number of amides is 1. The summed E-state index contributed by atoms with van der Waals surface area (Å²) in [6.07, 6.45) is 0.398. The number of benzene rings is 2. The van der Waals surface area contributed by atoms with Gasteiger partial charge in [-0.05, 0) is 55.5 Å². The number of carbonyl (C=O) groups is 1. The number of nitrogens with one attached hydrogen (secondary N) is 1. The fourth-order valence-electron chi connectivity index (χ4n) is 1.82. The SMILES string of the molecule is CCOc1ccc(NC(=O)CCSc2ccc(F)cc2)cc1. The monoisotopic (exact) mass is 319 g/mol. The maximum absolute atomic E-state index is 12.8. The van der Waals surface area contributed by atoms with Crippen molar-refractivity contribution in [1.29, 1.82) is 0 Å². The predicted octanol–water partition coefficient (Wildman–Crippen LogP) is 4.35. The molecule has 1 amide bonds. The van der Waals surface area contributed by atoms with Gasteiger partial charge in [-0.25, -0.2) is 4.39 Å². The number of thioether (sulfide) groups is 1. The summed E-state index contributed by atoms with van der Waals surface area (Å²) in [6.45, 7) is 2.54. The lowest BCUT2D eigenvalue weighted by molar-refractivity contribution is -0.115. The molecule has 0 saturated carbocycles. The molecule has 0 heterocycles. The van der Waals surface area contributed by atoms with Crippen LogP contribution >= 0.6 is 11.8 Å². The molecule has 116 valence electrons. The van der Waals surface area contributed by atoms with Crippen LogP contribution in [0.1, 0.15) is 13.3 Å². The van der Waals surface area contributed by atoms with Gasteiger partial charge in [0.1, 0.15) is 11.6 Å². The lowest BCUT2D eigenvalue weighted by atomic mass is 10.3. The molecule has 0 aliphatic rings. The van der Waals surface area contributed by atoms with Crippen molar-refractivity contribution in [3.63, 3.8) is 0 Å². The summed E-state index contributed by atoms with van der Waals surface area (Å²) in [6, 6.07) is 13.5. The van der Waals surface area contributed by atoms with Crippen molar-refractivity contribution in [2.45, 2.75) is 18.2 Å². The third-order valence-corrected chi connectivity index (χ3v) is 3.87. The smallest absolute Gasteiger partial charge is 0.225 e. The van der Waals surface area contributed by atoms with Crippen LogP contribution in [-0.2, 0) is 4.79 Å². The Morgan fingerprint density at radius 2 is 1.82 bits per heavy atom. The summed E-state index contributed by atoms with van der Waals surface area (Å²) >= 11 is 1.53. The maximum atomic E-state index is 12.8. The summed E-state index contributed by atoms with van der Waals surface area (Å²) in [4.78, 5) is 12.8. The van der Waals surface area contributed by atoms with E-state index < -0.39 is 0 Å². The molecule has 0 aliphatic carbocycles. The molecule has 3 nitrogen and oxygen atoms in total. The molecule has 0 spiro atoms. The zero-order valence-electron chi connectivity index (χ0n) is 12.3. The highest BCUT2D eigenvalue weighted by Gasteiger charge is 2.03. The van der Waals surface area contributed by atoms with E-state index in [4.69, 9.17) is 4.74 Å². The molecule has 0 saturated heterocycles. The molecular formula is C17H18FNO2S. The van der Waals surface area contributed by atoms with Crippen LogP contribution in [0.2, 0.25) is 0 Å². The number of carbonyl (C=O) groups excluding carboxylic acids is 1. The molecule has 2 aromatic carbocycles. The molecule has 5 heteroatoms. The first-order valence-electron chi connectivity index (χ1n) is 7.08. The topological polar surface area (TPSA) is 38.3 Å². The highest BCUT2D eigenvalue weighted by Crippen LogP contribution is 2.20. The van der Waals surface area contributed by atoms with Gasteiger partial charge >= 0.3 is 0 Å². The van der Waals surface area contributed by atoms with Crippen LogP contribution in [0.25, 0.3) is 0 Å². The lowest BCUT2D eigenvalue weighted by Crippen LogP contribution is -2.12. The van der Waals surface area contributed by atoms with Crippen molar-refractivity contribution < 1.29 is 13.9 Å². The number of ether oxygens (including phenoxy) is 1. The Morgan fingerprint density at radius 1 is 1.14 bits per heavy atom. The summed E-state index contributed by atoms with van der Waals surface area (Å²) in [5.41, 5.74) is 0.750. The Bertz CT molecular complexity index is 599. The Balaban J connectivity index is 1.74. The molecule has 1 N–H and O–H groups in total. The van der Waals surface area contributed by atoms with E-state index in [1.54, 1.807) is 12.1 Å². The Morgan fingerprint density at radius 3 is 2.45 bits per heavy atom. The largest absolute Gasteiger partial charge is 0.494 e. The molecule has 0 unspecified atom stereocenters. The molecule has 2 aromatic rings. The first-order valence-corrected chi connectivity index (χ1v) is 8.07. The van der Waals surface area contributed by atoms with E-state index in [-0.39, 0.29) is 11.7 Å². The minimum Gasteiger partial charge on any atom is -0.494 e. The van der Waals surface area contributed by atoms with E-state index in [0.29, 0.717) is 18.8 Å². The molecule has 0 radical (unpaired) electrons. The predicted molar refractivity (Wildman–Crippen MR) is 88.0 cm³/mol. The number of rotatable bonds is 7. The highest BCUT2D eigenvalue weighted by molar-refractivity contribution is 7.99. The van der Waals surface area contributed by atoms with Gasteiger partial charge in [0.25, 0.3) is 0 Å². The second kappa shape index (κ2) is 8.44. The molecule has 2 rings (SSSR count). The second-order valence-corrected chi connectivity index (χ2v) is 5.73. The summed E-state index contributed by atoms with van der Waals surface area (Å²) < 4.78 is 18.1. The average molecular weight is 319 g/mol. The molecule has 0 atom stereocenters. The number of hydrogen-bond donors (Lipinski definition) is 1. The van der Waals surface area contributed by atoms with Crippen LogP contribution in [0.3, 0.4) is 0 Å². The van der Waals surface area contributed by atoms with Gasteiger partial charge in [-0.3, -0.25) is 4.79 Å². The zero-order chi connectivity index (χ0) is 15.8. The first kappa shape index (κ1) is 16.4. The summed E-state index contributed by atoms with van der Waals surface area (Å²) in [7, 11) is 0. The quantitative estimate of drug-likeness (QED) is 0.771. The van der Waals surface area contributed by atoms with E-state index >= 15 is 0 Å². The van der Waals surface area contributed by atoms with Gasteiger partial charge in [0.2, 0.25) is 5.91 Å². The zero-order valence-corrected chi connectivity index (χ0v) is 13.2. The second-order valence-electron chi connectivity index (χ2n) is 4.56. The van der Waals surface area contributed by atoms with Crippen molar-refractivity contribution in [2.24, 2.45) is 0 Å². The fraction of sp³-hybridized carbons (Fsp3) is 0.235. The van der Waals surface area contributed by atoms with Crippen molar-refractivity contribution >= 4 is 23.4 Å². The van der Waals surface area contributed by atoms with Crippen LogP contribution in [0, 0.1) is 5.82 Å². The van der Waals surface area contributed by atoms with E-state index in [0.717, 1.165) is 16.3 Å². The lowest BCUT2D eigenvalue weighted by Gasteiger charge is -2.07. The Labute approximate surface area is 133 Å². The summed E-state index contributed by atoms with van der Waals surface area (Å²) in [5.74, 6) is 1.14. The van der Waals surface area contributed by atoms with Crippen LogP contribution in [0.5, 0.6) is 5.75 Å². The summed E-state index contributed by atoms with van der Waals surface area (Å²) in [5, 5.41) is 2.84. The van der Waals surface area contributed by atoms with Crippen molar-refractivity contribution in [1.82, 2.24) is 0 Å². The Hall–Kier alpha value is -2.01. The van der Waals surface area contributed by atoms with E-state index in [2.05, 4.69) is 5.32 Å². The van der Waals surface area contributed by atoms with Crippen molar-refractivity contribution in [3.8, 4) is 5.75 Å². The van der Waals surface area contributed by atoms with E-state index in [1.165, 1.54) is 23.9 Å². The first-order chi connectivity index (χ1) is 10.7. The van der Waals surface area contributed by atoms with Crippen LogP contribution in [-0.4, -0.2) is 18.3 Å². The molecule has 22 heavy (non-hydrogen) atoms. The van der Waals surface area contributed by atoms with Gasteiger partial charge in [0, 0.05) is 22.8 Å². The molecule has 0 fully saturated rings. The molecular weight excluding hydrogens is 301 g/mol. The van der Waals surface area contributed by atoms with Gasteiger partial charge < -0.3 is 10.1 Å². The maximum Gasteiger partial charge on any atom is 0.225 e. The van der Waals surface area contributed by atoms with Crippen LogP contribution in [0.4, 0.5) is 10.1 Å². The van der Waals surface area contributed by atoms with Gasteiger partial charge in [-0.2, -0.15) is 0 Å². The molecule has 0 aliphatic heterocycles.